The van der Waals surface area contributed by atoms with E-state index in [4.69, 9.17) is 9.47 Å². The topological polar surface area (TPSA) is 30.5 Å². The predicted molar refractivity (Wildman–Crippen MR) is 75.0 cm³/mol. The minimum atomic E-state index is -0.197. The molecular formula is C14H25NO2S. The highest BCUT2D eigenvalue weighted by molar-refractivity contribution is 7.99. The zero-order valence-electron chi connectivity index (χ0n) is 11.2. The van der Waals surface area contributed by atoms with Crippen LogP contribution in [0.3, 0.4) is 0 Å². The van der Waals surface area contributed by atoms with Gasteiger partial charge in [0.05, 0.1) is 13.2 Å². The van der Waals surface area contributed by atoms with Crippen LogP contribution in [0.4, 0.5) is 0 Å². The average molecular weight is 271 g/mol. The van der Waals surface area contributed by atoms with Crippen molar-refractivity contribution >= 4 is 11.8 Å². The van der Waals surface area contributed by atoms with Crippen molar-refractivity contribution in [3.63, 3.8) is 0 Å². The van der Waals surface area contributed by atoms with Crippen LogP contribution in [0.2, 0.25) is 0 Å². The zero-order valence-corrected chi connectivity index (χ0v) is 12.0. The Labute approximate surface area is 114 Å². The molecule has 2 heterocycles. The molecule has 0 amide bonds. The lowest BCUT2D eigenvalue weighted by molar-refractivity contribution is -0.179. The van der Waals surface area contributed by atoms with Crippen molar-refractivity contribution in [2.45, 2.75) is 62.0 Å². The van der Waals surface area contributed by atoms with Crippen molar-refractivity contribution in [3.8, 4) is 0 Å². The standard InChI is InChI=1S/C14H25NO2S/c1-2-10-18-13(3-1)11-15-12-4-6-14(7-5-12)16-8-9-17-14/h12-13,15H,1-11H2. The van der Waals surface area contributed by atoms with Gasteiger partial charge in [0.2, 0.25) is 0 Å². The Hall–Kier alpha value is 0.230. The van der Waals surface area contributed by atoms with E-state index in [-0.39, 0.29) is 5.79 Å². The lowest BCUT2D eigenvalue weighted by atomic mass is 9.90. The van der Waals surface area contributed by atoms with Gasteiger partial charge in [-0.2, -0.15) is 11.8 Å². The second-order valence-corrected chi connectivity index (χ2v) is 7.19. The summed E-state index contributed by atoms with van der Waals surface area (Å²) in [5.74, 6) is 1.17. The molecule has 1 atom stereocenters. The second kappa shape index (κ2) is 6.12. The van der Waals surface area contributed by atoms with Crippen molar-refractivity contribution in [1.82, 2.24) is 5.32 Å². The molecule has 3 fully saturated rings. The number of hydrogen-bond acceptors (Lipinski definition) is 4. The highest BCUT2D eigenvalue weighted by Gasteiger charge is 2.40. The first-order chi connectivity index (χ1) is 8.86. The van der Waals surface area contributed by atoms with Crippen molar-refractivity contribution in [1.29, 1.82) is 0 Å². The molecule has 4 heteroatoms. The molecule has 3 rings (SSSR count). The summed E-state index contributed by atoms with van der Waals surface area (Å²) >= 11 is 2.16. The molecule has 1 aliphatic carbocycles. The van der Waals surface area contributed by atoms with Crippen LogP contribution >= 0.6 is 11.8 Å². The summed E-state index contributed by atoms with van der Waals surface area (Å²) in [7, 11) is 0. The van der Waals surface area contributed by atoms with Crippen LogP contribution in [0.1, 0.15) is 44.9 Å². The molecule has 1 N–H and O–H groups in total. The van der Waals surface area contributed by atoms with Crippen LogP contribution in [0.25, 0.3) is 0 Å². The van der Waals surface area contributed by atoms with Crippen molar-refractivity contribution in [3.05, 3.63) is 0 Å². The molecule has 1 saturated carbocycles. The van der Waals surface area contributed by atoms with E-state index in [2.05, 4.69) is 17.1 Å². The number of nitrogens with one attached hydrogen (secondary N) is 1. The van der Waals surface area contributed by atoms with Crippen molar-refractivity contribution < 1.29 is 9.47 Å². The molecule has 0 radical (unpaired) electrons. The highest BCUT2D eigenvalue weighted by atomic mass is 32.2. The number of thioether (sulfide) groups is 1. The normalized spacial score (nSPS) is 33.0. The Bertz CT molecular complexity index is 253. The monoisotopic (exact) mass is 271 g/mol. The van der Waals surface area contributed by atoms with Crippen molar-refractivity contribution in [2.75, 3.05) is 25.5 Å². The number of rotatable bonds is 3. The molecule has 0 aromatic heterocycles. The van der Waals surface area contributed by atoms with E-state index in [1.807, 2.05) is 0 Å². The van der Waals surface area contributed by atoms with Crippen LogP contribution in [0.5, 0.6) is 0 Å². The quantitative estimate of drug-likeness (QED) is 0.854. The van der Waals surface area contributed by atoms with Crippen LogP contribution < -0.4 is 5.32 Å². The second-order valence-electron chi connectivity index (χ2n) is 5.78. The van der Waals surface area contributed by atoms with Gasteiger partial charge in [0, 0.05) is 30.7 Å². The van der Waals surface area contributed by atoms with Crippen LogP contribution in [0.15, 0.2) is 0 Å². The van der Waals surface area contributed by atoms with E-state index in [0.29, 0.717) is 6.04 Å². The Morgan fingerprint density at radius 3 is 2.50 bits per heavy atom. The van der Waals surface area contributed by atoms with Crippen LogP contribution in [-0.4, -0.2) is 42.6 Å². The number of ether oxygens (including phenoxy) is 2. The summed E-state index contributed by atoms with van der Waals surface area (Å²) in [6, 6.07) is 0.686. The summed E-state index contributed by atoms with van der Waals surface area (Å²) in [4.78, 5) is 0. The fraction of sp³-hybridized carbons (Fsp3) is 1.00. The molecule has 18 heavy (non-hydrogen) atoms. The van der Waals surface area contributed by atoms with E-state index in [0.717, 1.165) is 31.3 Å². The summed E-state index contributed by atoms with van der Waals surface area (Å²) in [6.07, 6.45) is 8.80. The van der Waals surface area contributed by atoms with Gasteiger partial charge in [0.25, 0.3) is 0 Å². The van der Waals surface area contributed by atoms with Gasteiger partial charge >= 0.3 is 0 Å². The molecule has 3 aliphatic rings. The van der Waals surface area contributed by atoms with Crippen LogP contribution in [0, 0.1) is 0 Å². The van der Waals surface area contributed by atoms with Gasteiger partial charge < -0.3 is 14.8 Å². The fourth-order valence-electron chi connectivity index (χ4n) is 3.31. The first-order valence-electron chi connectivity index (χ1n) is 7.49. The molecule has 2 aliphatic heterocycles. The Morgan fingerprint density at radius 2 is 1.83 bits per heavy atom. The average Bonchev–Trinajstić information content (AvgIpc) is 2.88. The summed E-state index contributed by atoms with van der Waals surface area (Å²) < 4.78 is 11.5. The van der Waals surface area contributed by atoms with E-state index in [9.17, 15) is 0 Å². The highest BCUT2D eigenvalue weighted by Crippen LogP contribution is 2.35. The number of hydrogen-bond donors (Lipinski definition) is 1. The Kier molecular flexibility index (Phi) is 4.50. The minimum absolute atomic E-state index is 0.197. The predicted octanol–water partition coefficient (Wildman–Crippen LogP) is 2.55. The minimum Gasteiger partial charge on any atom is -0.348 e. The van der Waals surface area contributed by atoms with Gasteiger partial charge in [-0.05, 0) is 31.4 Å². The van der Waals surface area contributed by atoms with Gasteiger partial charge in [0.1, 0.15) is 0 Å². The van der Waals surface area contributed by atoms with E-state index < -0.39 is 0 Å². The van der Waals surface area contributed by atoms with Gasteiger partial charge in [-0.25, -0.2) is 0 Å². The maximum Gasteiger partial charge on any atom is 0.168 e. The molecular weight excluding hydrogens is 246 g/mol. The molecule has 0 aromatic carbocycles. The largest absolute Gasteiger partial charge is 0.348 e. The molecule has 0 bridgehead atoms. The maximum absolute atomic E-state index is 5.77. The molecule has 0 aromatic rings. The summed E-state index contributed by atoms with van der Waals surface area (Å²) in [5.41, 5.74) is 0. The summed E-state index contributed by atoms with van der Waals surface area (Å²) in [5, 5.41) is 4.62. The maximum atomic E-state index is 5.77. The third kappa shape index (κ3) is 3.21. The first kappa shape index (κ1) is 13.2. The molecule has 1 unspecified atom stereocenters. The molecule has 2 saturated heterocycles. The Balaban J connectivity index is 1.37. The third-order valence-corrected chi connectivity index (χ3v) is 5.87. The molecule has 104 valence electrons. The summed E-state index contributed by atoms with van der Waals surface area (Å²) in [6.45, 7) is 2.78. The molecule has 3 nitrogen and oxygen atoms in total. The zero-order chi connectivity index (χ0) is 12.3. The van der Waals surface area contributed by atoms with E-state index in [1.165, 1.54) is 44.4 Å². The lowest BCUT2D eigenvalue weighted by Crippen LogP contribution is -2.43. The SMILES string of the molecule is C1CCC(CNC2CCC3(CC2)OCCO3)SC1. The van der Waals surface area contributed by atoms with Crippen molar-refractivity contribution in [2.24, 2.45) is 0 Å². The van der Waals surface area contributed by atoms with Gasteiger partial charge in [-0.3, -0.25) is 0 Å². The van der Waals surface area contributed by atoms with E-state index in [1.54, 1.807) is 0 Å². The van der Waals surface area contributed by atoms with Gasteiger partial charge in [0.15, 0.2) is 5.79 Å². The Morgan fingerprint density at radius 1 is 1.06 bits per heavy atom. The lowest BCUT2D eigenvalue weighted by Gasteiger charge is -2.36. The molecule has 1 spiro atoms. The first-order valence-corrected chi connectivity index (χ1v) is 8.54. The fourth-order valence-corrected chi connectivity index (χ4v) is 4.57. The van der Waals surface area contributed by atoms with Crippen LogP contribution in [-0.2, 0) is 9.47 Å². The third-order valence-electron chi connectivity index (χ3n) is 4.47. The van der Waals surface area contributed by atoms with Gasteiger partial charge in [-0.15, -0.1) is 0 Å². The smallest absolute Gasteiger partial charge is 0.168 e. The van der Waals surface area contributed by atoms with E-state index >= 15 is 0 Å². The van der Waals surface area contributed by atoms with Gasteiger partial charge in [-0.1, -0.05) is 6.42 Å².